The van der Waals surface area contributed by atoms with Gasteiger partial charge in [0, 0.05) is 18.8 Å². The number of hydrogen-bond donors (Lipinski definition) is 0. The van der Waals surface area contributed by atoms with E-state index in [4.69, 9.17) is 0 Å². The van der Waals surface area contributed by atoms with Gasteiger partial charge in [-0.2, -0.15) is 0 Å². The summed E-state index contributed by atoms with van der Waals surface area (Å²) in [7, 11) is 1.30. The quantitative estimate of drug-likeness (QED) is 0.575. The van der Waals surface area contributed by atoms with Gasteiger partial charge in [-0.05, 0) is 17.5 Å². The van der Waals surface area contributed by atoms with E-state index in [-0.39, 0.29) is 18.1 Å². The summed E-state index contributed by atoms with van der Waals surface area (Å²) in [5, 5.41) is 0. The van der Waals surface area contributed by atoms with Gasteiger partial charge in [-0.15, -0.1) is 0 Å². The average Bonchev–Trinajstić information content (AvgIpc) is 2.29. The molecule has 1 unspecified atom stereocenters. The Morgan fingerprint density at radius 3 is 2.59 bits per heavy atom. The van der Waals surface area contributed by atoms with E-state index in [0.717, 1.165) is 5.56 Å². The molecule has 0 radical (unpaired) electrons. The van der Waals surface area contributed by atoms with E-state index in [9.17, 15) is 9.59 Å². The zero-order valence-electron chi connectivity index (χ0n) is 10.3. The first-order valence-corrected chi connectivity index (χ1v) is 5.55. The van der Waals surface area contributed by atoms with E-state index >= 15 is 0 Å². The molecule has 0 aliphatic carbocycles. The number of ketones is 1. The number of pyridine rings is 1. The first-order chi connectivity index (χ1) is 8.06. The number of carbonyl (C=O) groups excluding carboxylic acids is 2. The lowest BCUT2D eigenvalue weighted by Gasteiger charge is -2.16. The summed E-state index contributed by atoms with van der Waals surface area (Å²) < 4.78 is 4.66. The maximum absolute atomic E-state index is 12.0. The summed E-state index contributed by atoms with van der Waals surface area (Å²) in [4.78, 5) is 27.5. The van der Waals surface area contributed by atoms with Crippen molar-refractivity contribution in [1.82, 2.24) is 4.98 Å². The van der Waals surface area contributed by atoms with Gasteiger partial charge in [-0.25, -0.2) is 0 Å². The lowest BCUT2D eigenvalue weighted by atomic mass is 9.89. The number of rotatable bonds is 5. The summed E-state index contributed by atoms with van der Waals surface area (Å²) in [6, 6.07) is 3.59. The highest BCUT2D eigenvalue weighted by Gasteiger charge is 2.30. The van der Waals surface area contributed by atoms with Crippen molar-refractivity contribution < 1.29 is 14.3 Å². The summed E-state index contributed by atoms with van der Waals surface area (Å²) in [6.07, 6.45) is 3.49. The molecule has 0 amide bonds. The van der Waals surface area contributed by atoms with E-state index in [1.807, 2.05) is 19.9 Å². The number of aromatic nitrogens is 1. The molecule has 17 heavy (non-hydrogen) atoms. The summed E-state index contributed by atoms with van der Waals surface area (Å²) in [5.74, 6) is -1.35. The van der Waals surface area contributed by atoms with Gasteiger partial charge in [-0.1, -0.05) is 19.9 Å². The Morgan fingerprint density at radius 1 is 1.41 bits per heavy atom. The molecule has 0 aromatic carbocycles. The van der Waals surface area contributed by atoms with E-state index in [1.165, 1.54) is 7.11 Å². The summed E-state index contributed by atoms with van der Waals surface area (Å²) >= 11 is 0. The topological polar surface area (TPSA) is 56.3 Å². The van der Waals surface area contributed by atoms with Crippen LogP contribution in [0.25, 0.3) is 0 Å². The monoisotopic (exact) mass is 235 g/mol. The molecule has 0 aliphatic rings. The molecule has 1 aromatic heterocycles. The predicted molar refractivity (Wildman–Crippen MR) is 63.3 cm³/mol. The lowest BCUT2D eigenvalue weighted by Crippen LogP contribution is -2.31. The van der Waals surface area contributed by atoms with Crippen LogP contribution < -0.4 is 0 Å². The van der Waals surface area contributed by atoms with Crippen LogP contribution in [-0.4, -0.2) is 23.8 Å². The third-order valence-corrected chi connectivity index (χ3v) is 2.57. The molecule has 1 atom stereocenters. The Balaban J connectivity index is 2.76. The van der Waals surface area contributed by atoms with Crippen molar-refractivity contribution in [3.8, 4) is 0 Å². The van der Waals surface area contributed by atoms with Gasteiger partial charge >= 0.3 is 5.97 Å². The van der Waals surface area contributed by atoms with Crippen LogP contribution in [0.3, 0.4) is 0 Å². The fraction of sp³-hybridized carbons (Fsp3) is 0.462. The van der Waals surface area contributed by atoms with Gasteiger partial charge in [0.05, 0.1) is 7.11 Å². The van der Waals surface area contributed by atoms with Crippen LogP contribution in [0.2, 0.25) is 0 Å². The molecule has 1 heterocycles. The second-order valence-corrected chi connectivity index (χ2v) is 4.25. The molecule has 0 fully saturated rings. The Morgan fingerprint density at radius 2 is 2.12 bits per heavy atom. The first kappa shape index (κ1) is 13.4. The Labute approximate surface area is 101 Å². The second-order valence-electron chi connectivity index (χ2n) is 4.25. The van der Waals surface area contributed by atoms with Crippen molar-refractivity contribution in [3.05, 3.63) is 30.1 Å². The minimum Gasteiger partial charge on any atom is -0.468 e. The van der Waals surface area contributed by atoms with Crippen molar-refractivity contribution in [2.45, 2.75) is 20.3 Å². The van der Waals surface area contributed by atoms with Gasteiger partial charge < -0.3 is 4.74 Å². The molecule has 0 spiro atoms. The number of ether oxygens (including phenoxy) is 1. The third kappa shape index (κ3) is 3.66. The standard InChI is InChI=1S/C13H17NO3/c1-9(2)12(13(16)17-3)11(15)7-10-5-4-6-14-8-10/h4-6,8-9,12H,7H2,1-3H3. The SMILES string of the molecule is COC(=O)C(C(=O)Cc1cccnc1)C(C)C. The molecule has 0 N–H and O–H groups in total. The minimum atomic E-state index is -0.694. The van der Waals surface area contributed by atoms with Crippen molar-refractivity contribution in [2.24, 2.45) is 11.8 Å². The van der Waals surface area contributed by atoms with Crippen LogP contribution in [0.5, 0.6) is 0 Å². The van der Waals surface area contributed by atoms with Crippen molar-refractivity contribution in [1.29, 1.82) is 0 Å². The van der Waals surface area contributed by atoms with Crippen LogP contribution >= 0.6 is 0 Å². The molecule has 0 aliphatic heterocycles. The number of methoxy groups -OCH3 is 1. The zero-order chi connectivity index (χ0) is 12.8. The van der Waals surface area contributed by atoms with Gasteiger partial charge in [0.15, 0.2) is 5.78 Å². The lowest BCUT2D eigenvalue weighted by molar-refractivity contribution is -0.151. The van der Waals surface area contributed by atoms with Gasteiger partial charge in [0.2, 0.25) is 0 Å². The molecule has 0 saturated carbocycles. The predicted octanol–water partition coefficient (Wildman–Crippen LogP) is 1.64. The molecular formula is C13H17NO3. The molecule has 4 heteroatoms. The largest absolute Gasteiger partial charge is 0.468 e. The van der Waals surface area contributed by atoms with Crippen LogP contribution in [-0.2, 0) is 20.7 Å². The zero-order valence-corrected chi connectivity index (χ0v) is 10.3. The Hall–Kier alpha value is -1.71. The minimum absolute atomic E-state index is 0.0633. The number of Topliss-reactive ketones (excluding diaryl/α,β-unsaturated/α-hetero) is 1. The fourth-order valence-electron chi connectivity index (χ4n) is 1.72. The molecule has 0 saturated heterocycles. The van der Waals surface area contributed by atoms with E-state index < -0.39 is 11.9 Å². The van der Waals surface area contributed by atoms with Crippen LogP contribution in [0, 0.1) is 11.8 Å². The van der Waals surface area contributed by atoms with E-state index in [1.54, 1.807) is 18.5 Å². The van der Waals surface area contributed by atoms with Gasteiger partial charge in [0.1, 0.15) is 5.92 Å². The van der Waals surface area contributed by atoms with E-state index in [2.05, 4.69) is 9.72 Å². The normalized spacial score (nSPS) is 12.2. The van der Waals surface area contributed by atoms with E-state index in [0.29, 0.717) is 0 Å². The molecule has 1 aromatic rings. The Bertz CT molecular complexity index is 387. The van der Waals surface area contributed by atoms with Crippen molar-refractivity contribution >= 4 is 11.8 Å². The highest BCUT2D eigenvalue weighted by molar-refractivity contribution is 6.00. The maximum Gasteiger partial charge on any atom is 0.316 e. The molecule has 0 bridgehead atoms. The smallest absolute Gasteiger partial charge is 0.316 e. The summed E-state index contributed by atoms with van der Waals surface area (Å²) in [5.41, 5.74) is 0.812. The van der Waals surface area contributed by atoms with Gasteiger partial charge in [-0.3, -0.25) is 14.6 Å². The number of carbonyl (C=O) groups is 2. The molecule has 4 nitrogen and oxygen atoms in total. The van der Waals surface area contributed by atoms with Gasteiger partial charge in [0.25, 0.3) is 0 Å². The second kappa shape index (κ2) is 6.13. The number of nitrogens with zero attached hydrogens (tertiary/aromatic N) is 1. The highest BCUT2D eigenvalue weighted by atomic mass is 16.5. The fourth-order valence-corrected chi connectivity index (χ4v) is 1.72. The average molecular weight is 235 g/mol. The molecule has 1 rings (SSSR count). The molecule has 92 valence electrons. The third-order valence-electron chi connectivity index (χ3n) is 2.57. The highest BCUT2D eigenvalue weighted by Crippen LogP contribution is 2.16. The number of esters is 1. The maximum atomic E-state index is 12.0. The molecular weight excluding hydrogens is 218 g/mol. The van der Waals surface area contributed by atoms with Crippen molar-refractivity contribution in [3.63, 3.8) is 0 Å². The van der Waals surface area contributed by atoms with Crippen LogP contribution in [0.1, 0.15) is 19.4 Å². The Kier molecular flexibility index (Phi) is 4.82. The van der Waals surface area contributed by atoms with Crippen LogP contribution in [0.15, 0.2) is 24.5 Å². The summed E-state index contributed by atoms with van der Waals surface area (Å²) in [6.45, 7) is 3.67. The van der Waals surface area contributed by atoms with Crippen LogP contribution in [0.4, 0.5) is 0 Å². The number of hydrogen-bond acceptors (Lipinski definition) is 4. The first-order valence-electron chi connectivity index (χ1n) is 5.55. The van der Waals surface area contributed by atoms with Crippen molar-refractivity contribution in [2.75, 3.05) is 7.11 Å².